The summed E-state index contributed by atoms with van der Waals surface area (Å²) < 4.78 is 10.7. The Bertz CT molecular complexity index is 1510. The second-order valence-electron chi connectivity index (χ2n) is 7.91. The maximum atomic E-state index is 13.2. The highest BCUT2D eigenvalue weighted by Crippen LogP contribution is 2.30. The lowest BCUT2D eigenvalue weighted by molar-refractivity contribution is 0.305. The molecule has 0 aliphatic heterocycles. The van der Waals surface area contributed by atoms with Gasteiger partial charge in [-0.1, -0.05) is 13.0 Å². The number of imidazole rings is 1. The minimum atomic E-state index is -0.130. The Morgan fingerprint density at radius 1 is 1.03 bits per heavy atom. The molecule has 0 unspecified atom stereocenters. The highest BCUT2D eigenvalue weighted by molar-refractivity contribution is 6.04. The van der Waals surface area contributed by atoms with Gasteiger partial charge in [-0.2, -0.15) is 5.10 Å². The third kappa shape index (κ3) is 3.15. The van der Waals surface area contributed by atoms with E-state index in [4.69, 9.17) is 4.74 Å². The number of ether oxygens (including phenoxy) is 1. The van der Waals surface area contributed by atoms with Crippen molar-refractivity contribution in [2.75, 3.05) is 6.61 Å². The molecule has 0 aliphatic carbocycles. The highest BCUT2D eigenvalue weighted by Gasteiger charge is 2.19. The van der Waals surface area contributed by atoms with Crippen LogP contribution in [0.15, 0.2) is 53.7 Å². The fourth-order valence-corrected chi connectivity index (χ4v) is 4.05. The van der Waals surface area contributed by atoms with Gasteiger partial charge in [0.05, 0.1) is 40.7 Å². The van der Waals surface area contributed by atoms with Gasteiger partial charge in [0.15, 0.2) is 0 Å². The second kappa shape index (κ2) is 7.64. The summed E-state index contributed by atoms with van der Waals surface area (Å²) in [4.78, 5) is 22.2. The van der Waals surface area contributed by atoms with Crippen molar-refractivity contribution in [3.8, 4) is 22.7 Å². The standard InChI is InChI=1S/C24H24N6O2/c1-5-10-32-22-9-7-17(12-26-22)16-6-8-19-18(11-16)23-20(13-25-19)29(4)24(31)30(23)21-14-28(3)27-15(21)2/h6-9,11-14H,5,10H2,1-4H3. The fraction of sp³-hybridized carbons (Fsp3) is 0.250. The fourth-order valence-electron chi connectivity index (χ4n) is 4.05. The van der Waals surface area contributed by atoms with Gasteiger partial charge >= 0.3 is 5.69 Å². The molecule has 162 valence electrons. The van der Waals surface area contributed by atoms with Crippen molar-refractivity contribution in [2.24, 2.45) is 14.1 Å². The third-order valence-electron chi connectivity index (χ3n) is 5.64. The topological polar surface area (TPSA) is 79.8 Å². The zero-order valence-electron chi connectivity index (χ0n) is 18.5. The minimum absolute atomic E-state index is 0.130. The first-order chi connectivity index (χ1) is 15.5. The molecule has 32 heavy (non-hydrogen) atoms. The molecule has 0 amide bonds. The first-order valence-electron chi connectivity index (χ1n) is 10.6. The summed E-state index contributed by atoms with van der Waals surface area (Å²) in [5.74, 6) is 0.615. The summed E-state index contributed by atoms with van der Waals surface area (Å²) in [6.07, 6.45) is 6.36. The molecule has 4 heterocycles. The Balaban J connectivity index is 1.73. The summed E-state index contributed by atoms with van der Waals surface area (Å²) in [5, 5.41) is 5.33. The van der Waals surface area contributed by atoms with Crippen LogP contribution < -0.4 is 10.4 Å². The predicted molar refractivity (Wildman–Crippen MR) is 124 cm³/mol. The molecule has 0 saturated heterocycles. The minimum Gasteiger partial charge on any atom is -0.478 e. The van der Waals surface area contributed by atoms with Crippen LogP contribution in [0.1, 0.15) is 19.0 Å². The number of pyridine rings is 2. The average Bonchev–Trinajstić information content (AvgIpc) is 3.27. The lowest BCUT2D eigenvalue weighted by atomic mass is 10.0. The van der Waals surface area contributed by atoms with Gasteiger partial charge in [-0.15, -0.1) is 0 Å². The molecule has 0 spiro atoms. The number of hydrogen-bond acceptors (Lipinski definition) is 5. The lowest BCUT2D eigenvalue weighted by Gasteiger charge is -2.08. The molecule has 0 radical (unpaired) electrons. The van der Waals surface area contributed by atoms with Gasteiger partial charge in [0.25, 0.3) is 0 Å². The zero-order chi connectivity index (χ0) is 22.4. The molecular formula is C24H24N6O2. The molecule has 8 heteroatoms. The number of aryl methyl sites for hydroxylation is 3. The van der Waals surface area contributed by atoms with Crippen molar-refractivity contribution in [1.82, 2.24) is 28.9 Å². The van der Waals surface area contributed by atoms with Crippen LogP contribution in [0.5, 0.6) is 5.88 Å². The zero-order valence-corrected chi connectivity index (χ0v) is 18.5. The van der Waals surface area contributed by atoms with Crippen LogP contribution in [0.25, 0.3) is 38.8 Å². The lowest BCUT2D eigenvalue weighted by Crippen LogP contribution is -2.21. The van der Waals surface area contributed by atoms with E-state index in [-0.39, 0.29) is 5.69 Å². The van der Waals surface area contributed by atoms with Crippen LogP contribution in [0.3, 0.4) is 0 Å². The monoisotopic (exact) mass is 428 g/mol. The van der Waals surface area contributed by atoms with Crippen LogP contribution in [-0.4, -0.2) is 35.5 Å². The quantitative estimate of drug-likeness (QED) is 0.426. The van der Waals surface area contributed by atoms with Crippen LogP contribution in [0.2, 0.25) is 0 Å². The molecule has 0 aliphatic rings. The largest absolute Gasteiger partial charge is 0.478 e. The average molecular weight is 428 g/mol. The van der Waals surface area contributed by atoms with E-state index < -0.39 is 0 Å². The van der Waals surface area contributed by atoms with Crippen molar-refractivity contribution in [3.63, 3.8) is 0 Å². The van der Waals surface area contributed by atoms with E-state index >= 15 is 0 Å². The van der Waals surface area contributed by atoms with Gasteiger partial charge in [0.2, 0.25) is 5.88 Å². The van der Waals surface area contributed by atoms with Crippen molar-refractivity contribution >= 4 is 21.9 Å². The van der Waals surface area contributed by atoms with Crippen molar-refractivity contribution in [1.29, 1.82) is 0 Å². The Kier molecular flexibility index (Phi) is 4.77. The normalized spacial score (nSPS) is 11.5. The molecule has 0 bridgehead atoms. The van der Waals surface area contributed by atoms with Gasteiger partial charge in [0, 0.05) is 43.5 Å². The second-order valence-corrected chi connectivity index (χ2v) is 7.91. The number of nitrogens with zero attached hydrogens (tertiary/aromatic N) is 6. The Hall–Kier alpha value is -3.94. The van der Waals surface area contributed by atoms with Crippen molar-refractivity contribution in [2.45, 2.75) is 20.3 Å². The molecule has 0 saturated carbocycles. The maximum absolute atomic E-state index is 13.2. The smallest absolute Gasteiger partial charge is 0.333 e. The van der Waals surface area contributed by atoms with E-state index in [0.29, 0.717) is 12.5 Å². The van der Waals surface area contributed by atoms with Gasteiger partial charge in [-0.05, 0) is 37.1 Å². The van der Waals surface area contributed by atoms with E-state index in [1.807, 2.05) is 50.6 Å². The molecular weight excluding hydrogens is 404 g/mol. The molecule has 8 nitrogen and oxygen atoms in total. The van der Waals surface area contributed by atoms with E-state index in [0.717, 1.165) is 50.9 Å². The molecule has 0 N–H and O–H groups in total. The van der Waals surface area contributed by atoms with Gasteiger partial charge in [0.1, 0.15) is 0 Å². The van der Waals surface area contributed by atoms with E-state index in [1.54, 1.807) is 27.1 Å². The predicted octanol–water partition coefficient (Wildman–Crippen LogP) is 3.77. The first-order valence-corrected chi connectivity index (χ1v) is 10.6. The Morgan fingerprint density at radius 3 is 2.53 bits per heavy atom. The van der Waals surface area contributed by atoms with Gasteiger partial charge in [-0.3, -0.25) is 18.8 Å². The molecule has 4 aromatic heterocycles. The highest BCUT2D eigenvalue weighted by atomic mass is 16.5. The van der Waals surface area contributed by atoms with Crippen LogP contribution >= 0.6 is 0 Å². The number of hydrogen-bond donors (Lipinski definition) is 0. The van der Waals surface area contributed by atoms with Gasteiger partial charge < -0.3 is 4.74 Å². The summed E-state index contributed by atoms with van der Waals surface area (Å²) >= 11 is 0. The molecule has 5 rings (SSSR count). The SMILES string of the molecule is CCCOc1ccc(-c2ccc3ncc4c(c3c2)n(-c2cn(C)nc2C)c(=O)n4C)cn1. The summed E-state index contributed by atoms with van der Waals surface area (Å²) in [7, 11) is 3.62. The van der Waals surface area contributed by atoms with E-state index in [1.165, 1.54) is 0 Å². The number of benzene rings is 1. The summed E-state index contributed by atoms with van der Waals surface area (Å²) in [5.41, 5.74) is 5.78. The summed E-state index contributed by atoms with van der Waals surface area (Å²) in [6.45, 7) is 4.61. The van der Waals surface area contributed by atoms with Gasteiger partial charge in [-0.25, -0.2) is 9.78 Å². The van der Waals surface area contributed by atoms with E-state index in [2.05, 4.69) is 28.1 Å². The Morgan fingerprint density at radius 2 is 1.84 bits per heavy atom. The molecule has 0 atom stereocenters. The number of aromatic nitrogens is 6. The number of fused-ring (bicyclic) bond motifs is 3. The molecule has 0 fully saturated rings. The van der Waals surface area contributed by atoms with E-state index in [9.17, 15) is 4.79 Å². The number of rotatable bonds is 5. The first kappa shape index (κ1) is 20.0. The van der Waals surface area contributed by atoms with Crippen molar-refractivity contribution < 1.29 is 4.74 Å². The molecule has 1 aromatic carbocycles. The Labute approximate surface area is 184 Å². The maximum Gasteiger partial charge on any atom is 0.333 e. The third-order valence-corrected chi connectivity index (χ3v) is 5.64. The van der Waals surface area contributed by atoms with Crippen LogP contribution in [-0.2, 0) is 14.1 Å². The summed E-state index contributed by atoms with van der Waals surface area (Å²) in [6, 6.07) is 9.94. The molecule has 5 aromatic rings. The van der Waals surface area contributed by atoms with Crippen molar-refractivity contribution in [3.05, 3.63) is 65.1 Å². The van der Waals surface area contributed by atoms with Crippen LogP contribution in [0, 0.1) is 6.92 Å². The van der Waals surface area contributed by atoms with Crippen LogP contribution in [0.4, 0.5) is 0 Å².